The van der Waals surface area contributed by atoms with E-state index in [0.29, 0.717) is 24.2 Å². The van der Waals surface area contributed by atoms with E-state index in [2.05, 4.69) is 5.32 Å². The van der Waals surface area contributed by atoms with Crippen LogP contribution in [0.15, 0.2) is 53.2 Å². The van der Waals surface area contributed by atoms with E-state index in [-0.39, 0.29) is 28.7 Å². The van der Waals surface area contributed by atoms with Crippen LogP contribution in [0.3, 0.4) is 0 Å². The molecular weight excluding hydrogens is 436 g/mol. The molecule has 0 unspecified atom stereocenters. The number of hydrogen-bond acceptors (Lipinski definition) is 6. The number of anilines is 2. The number of furan rings is 1. The number of nitrogens with zero attached hydrogens (tertiary/aromatic N) is 3. The number of carbonyl (C=O) groups excluding carboxylic acids is 3. The molecule has 1 aromatic carbocycles. The van der Waals surface area contributed by atoms with Crippen molar-refractivity contribution in [2.45, 2.75) is 38.1 Å². The summed E-state index contributed by atoms with van der Waals surface area (Å²) in [6.45, 7) is 0.988. The van der Waals surface area contributed by atoms with Crippen molar-refractivity contribution in [1.29, 1.82) is 5.26 Å². The van der Waals surface area contributed by atoms with Crippen LogP contribution in [0.4, 0.5) is 11.4 Å². The van der Waals surface area contributed by atoms with Crippen LogP contribution in [-0.4, -0.2) is 34.5 Å². The average molecular weight is 458 g/mol. The average Bonchev–Trinajstić information content (AvgIpc) is 3.58. The van der Waals surface area contributed by atoms with Crippen molar-refractivity contribution >= 4 is 29.2 Å². The summed E-state index contributed by atoms with van der Waals surface area (Å²) in [4.78, 5) is 40.9. The van der Waals surface area contributed by atoms with Gasteiger partial charge in [-0.2, -0.15) is 5.26 Å². The lowest BCUT2D eigenvalue weighted by molar-refractivity contribution is -0.129. The number of aryl methyl sites for hydroxylation is 1. The molecule has 2 amide bonds. The van der Waals surface area contributed by atoms with Crippen molar-refractivity contribution in [1.82, 2.24) is 4.57 Å². The van der Waals surface area contributed by atoms with E-state index in [9.17, 15) is 19.6 Å². The van der Waals surface area contributed by atoms with Gasteiger partial charge in [-0.25, -0.2) is 4.79 Å². The molecule has 2 aliphatic rings. The highest BCUT2D eigenvalue weighted by atomic mass is 16.5. The van der Waals surface area contributed by atoms with E-state index in [1.54, 1.807) is 60.3 Å². The molecule has 5 rings (SSSR count). The highest BCUT2D eigenvalue weighted by Crippen LogP contribution is 2.45. The lowest BCUT2D eigenvalue weighted by atomic mass is 9.90. The van der Waals surface area contributed by atoms with Crippen LogP contribution in [0.5, 0.6) is 0 Å². The van der Waals surface area contributed by atoms with Crippen molar-refractivity contribution in [2.24, 2.45) is 0 Å². The Morgan fingerprint density at radius 3 is 2.59 bits per heavy atom. The minimum absolute atomic E-state index is 0.0219. The Kier molecular flexibility index (Phi) is 5.21. The van der Waals surface area contributed by atoms with Crippen LogP contribution in [0, 0.1) is 18.3 Å². The number of nitriles is 1. The molecule has 1 spiro atoms. The van der Waals surface area contributed by atoms with Gasteiger partial charge in [0.15, 0.2) is 6.61 Å². The molecule has 0 atom stereocenters. The number of amides is 2. The maximum atomic E-state index is 13.4. The fourth-order valence-corrected chi connectivity index (χ4v) is 4.92. The van der Waals surface area contributed by atoms with Gasteiger partial charge in [-0.3, -0.25) is 19.1 Å². The summed E-state index contributed by atoms with van der Waals surface area (Å²) in [5, 5.41) is 12.6. The Morgan fingerprint density at radius 1 is 1.18 bits per heavy atom. The summed E-state index contributed by atoms with van der Waals surface area (Å²) in [6.07, 6.45) is 6.09. The number of ether oxygens (including phenoxy) is 1. The van der Waals surface area contributed by atoms with E-state index in [4.69, 9.17) is 9.15 Å². The molecule has 9 heteroatoms. The van der Waals surface area contributed by atoms with Gasteiger partial charge < -0.3 is 14.5 Å². The number of hydrogen-bond donors (Lipinski definition) is 1. The predicted molar refractivity (Wildman–Crippen MR) is 122 cm³/mol. The molecular formula is C25H22N4O5. The number of para-hydroxylation sites is 2. The third kappa shape index (κ3) is 3.27. The third-order valence-corrected chi connectivity index (χ3v) is 6.47. The first kappa shape index (κ1) is 21.5. The Morgan fingerprint density at radius 2 is 1.88 bits per heavy atom. The summed E-state index contributed by atoms with van der Waals surface area (Å²) in [5.74, 6) is -1.14. The summed E-state index contributed by atoms with van der Waals surface area (Å²) in [5.41, 5.74) is 0.131. The molecule has 3 heterocycles. The molecule has 2 aromatic heterocycles. The van der Waals surface area contributed by atoms with Gasteiger partial charge in [0.2, 0.25) is 5.88 Å². The monoisotopic (exact) mass is 458 g/mol. The Hall–Kier alpha value is -4.32. The van der Waals surface area contributed by atoms with Crippen LogP contribution in [0.2, 0.25) is 0 Å². The molecule has 1 saturated carbocycles. The molecule has 1 aliphatic carbocycles. The molecule has 34 heavy (non-hydrogen) atoms. The number of rotatable bonds is 4. The molecule has 172 valence electrons. The second kappa shape index (κ2) is 8.23. The number of benzene rings is 1. The Labute approximate surface area is 195 Å². The van der Waals surface area contributed by atoms with Gasteiger partial charge in [0, 0.05) is 12.4 Å². The van der Waals surface area contributed by atoms with Crippen molar-refractivity contribution in [3.63, 3.8) is 0 Å². The number of fused-ring (bicyclic) bond motifs is 1. The van der Waals surface area contributed by atoms with E-state index in [1.807, 2.05) is 6.07 Å². The number of aromatic nitrogens is 1. The normalized spacial score (nSPS) is 16.1. The molecule has 0 bridgehead atoms. The van der Waals surface area contributed by atoms with Gasteiger partial charge in [0.1, 0.15) is 28.5 Å². The maximum absolute atomic E-state index is 13.4. The van der Waals surface area contributed by atoms with E-state index < -0.39 is 24.0 Å². The van der Waals surface area contributed by atoms with Crippen molar-refractivity contribution in [3.8, 4) is 12.0 Å². The zero-order valence-electron chi connectivity index (χ0n) is 18.5. The van der Waals surface area contributed by atoms with Crippen LogP contribution < -0.4 is 10.2 Å². The van der Waals surface area contributed by atoms with E-state index in [1.165, 1.54) is 4.90 Å². The molecule has 1 aliphatic heterocycles. The minimum atomic E-state index is -0.997. The lowest BCUT2D eigenvalue weighted by Crippen LogP contribution is -2.61. The van der Waals surface area contributed by atoms with Gasteiger partial charge in [-0.05, 0) is 44.0 Å². The third-order valence-electron chi connectivity index (χ3n) is 6.47. The molecule has 0 radical (unpaired) electrons. The molecule has 9 nitrogen and oxygen atoms in total. The smallest absolute Gasteiger partial charge is 0.343 e. The first-order valence-corrected chi connectivity index (χ1v) is 11.0. The van der Waals surface area contributed by atoms with Crippen LogP contribution in [-0.2, 0) is 14.3 Å². The summed E-state index contributed by atoms with van der Waals surface area (Å²) < 4.78 is 12.6. The molecule has 3 aromatic rings. The molecule has 1 fully saturated rings. The Bertz CT molecular complexity index is 1330. The fraction of sp³-hybridized carbons (Fsp3) is 0.280. The predicted octanol–water partition coefficient (Wildman–Crippen LogP) is 3.71. The van der Waals surface area contributed by atoms with Gasteiger partial charge in [0.05, 0.1) is 11.4 Å². The van der Waals surface area contributed by atoms with Gasteiger partial charge >= 0.3 is 5.97 Å². The van der Waals surface area contributed by atoms with E-state index in [0.717, 1.165) is 12.8 Å². The number of nitrogens with one attached hydrogen (secondary N) is 1. The highest BCUT2D eigenvalue weighted by Gasteiger charge is 2.52. The van der Waals surface area contributed by atoms with Gasteiger partial charge in [-0.1, -0.05) is 25.0 Å². The summed E-state index contributed by atoms with van der Waals surface area (Å²) in [6, 6.07) is 12.6. The van der Waals surface area contributed by atoms with Crippen LogP contribution in [0.25, 0.3) is 5.88 Å². The topological polar surface area (TPSA) is 118 Å². The van der Waals surface area contributed by atoms with Gasteiger partial charge in [-0.15, -0.1) is 0 Å². The second-order valence-electron chi connectivity index (χ2n) is 8.43. The Balaban J connectivity index is 1.42. The van der Waals surface area contributed by atoms with E-state index >= 15 is 0 Å². The summed E-state index contributed by atoms with van der Waals surface area (Å²) >= 11 is 0. The van der Waals surface area contributed by atoms with Crippen molar-refractivity contribution < 1.29 is 23.5 Å². The van der Waals surface area contributed by atoms with Gasteiger partial charge in [0.25, 0.3) is 11.8 Å². The number of carbonyl (C=O) groups is 3. The standard InChI is InChI=1S/C25H22N4O5/c1-16-21(17(14-26)22(34-16)28-12-6-7-13-28)23(31)33-15-20(30)29-19-9-3-2-8-18(19)27-24(32)25(29)10-4-5-11-25/h2-3,6-9,12-13H,4-5,10-11,15H2,1H3,(H,27,32). The SMILES string of the molecule is Cc1oc(-n2cccc2)c(C#N)c1C(=O)OCC(=O)N1c2ccccc2NC(=O)C12CCCC2. The first-order valence-electron chi connectivity index (χ1n) is 11.0. The maximum Gasteiger partial charge on any atom is 0.343 e. The quantitative estimate of drug-likeness (QED) is 0.596. The highest BCUT2D eigenvalue weighted by molar-refractivity contribution is 6.15. The zero-order chi connectivity index (χ0) is 23.9. The van der Waals surface area contributed by atoms with Crippen LogP contribution in [0.1, 0.15) is 47.4 Å². The molecule has 0 saturated heterocycles. The minimum Gasteiger partial charge on any atom is -0.452 e. The molecule has 1 N–H and O–H groups in total. The fourth-order valence-electron chi connectivity index (χ4n) is 4.92. The number of esters is 1. The second-order valence-corrected chi connectivity index (χ2v) is 8.43. The first-order chi connectivity index (χ1) is 16.5. The lowest BCUT2D eigenvalue weighted by Gasteiger charge is -2.44. The van der Waals surface area contributed by atoms with Crippen molar-refractivity contribution in [2.75, 3.05) is 16.8 Å². The van der Waals surface area contributed by atoms with Crippen LogP contribution >= 0.6 is 0 Å². The van der Waals surface area contributed by atoms with Crippen molar-refractivity contribution in [3.05, 3.63) is 65.7 Å². The summed E-state index contributed by atoms with van der Waals surface area (Å²) in [7, 11) is 0. The zero-order valence-corrected chi connectivity index (χ0v) is 18.5. The largest absolute Gasteiger partial charge is 0.452 e.